The van der Waals surface area contributed by atoms with Gasteiger partial charge in [0.25, 0.3) is 0 Å². The minimum atomic E-state index is -0.722. The van der Waals surface area contributed by atoms with E-state index < -0.39 is 11.0 Å². The second-order valence-corrected chi connectivity index (χ2v) is 3.21. The average molecular weight is 243 g/mol. The summed E-state index contributed by atoms with van der Waals surface area (Å²) in [7, 11) is 1.46. The van der Waals surface area contributed by atoms with Crippen LogP contribution in [0.1, 0.15) is 0 Å². The van der Waals surface area contributed by atoms with Crippen LogP contribution in [0.3, 0.4) is 0 Å². The molecule has 1 aromatic rings. The molecule has 4 N–H and O–H groups in total. The van der Waals surface area contributed by atoms with Crippen LogP contribution in [0.25, 0.3) is 0 Å². The normalized spacial score (nSPS) is 12.1. The van der Waals surface area contributed by atoms with Crippen LogP contribution in [0.15, 0.2) is 6.20 Å². The van der Waals surface area contributed by atoms with Crippen molar-refractivity contribution >= 4 is 17.5 Å². The number of aromatic nitrogens is 2. The zero-order chi connectivity index (χ0) is 12.8. The van der Waals surface area contributed by atoms with Crippen molar-refractivity contribution < 1.29 is 14.8 Å². The smallest absolute Gasteiger partial charge is 0.329 e. The highest BCUT2D eigenvalue weighted by atomic mass is 16.6. The van der Waals surface area contributed by atoms with Gasteiger partial charge in [-0.3, -0.25) is 10.1 Å². The summed E-state index contributed by atoms with van der Waals surface area (Å²) in [5.41, 5.74) is 5.01. The lowest BCUT2D eigenvalue weighted by Crippen LogP contribution is -2.25. The molecule has 0 amide bonds. The summed E-state index contributed by atoms with van der Waals surface area (Å²) in [6, 6.07) is 0. The van der Waals surface area contributed by atoms with E-state index in [1.807, 2.05) is 0 Å². The third-order valence-electron chi connectivity index (χ3n) is 1.85. The Hall–Kier alpha value is -2.00. The van der Waals surface area contributed by atoms with E-state index in [1.165, 1.54) is 7.11 Å². The first kappa shape index (κ1) is 13.1. The summed E-state index contributed by atoms with van der Waals surface area (Å²) in [5.74, 6) is -0.114. The third-order valence-corrected chi connectivity index (χ3v) is 1.85. The van der Waals surface area contributed by atoms with E-state index in [-0.39, 0.29) is 30.6 Å². The van der Waals surface area contributed by atoms with Crippen LogP contribution in [0, 0.1) is 10.1 Å². The van der Waals surface area contributed by atoms with Gasteiger partial charge in [0, 0.05) is 13.7 Å². The quantitative estimate of drug-likeness (QED) is 0.444. The van der Waals surface area contributed by atoms with Crippen molar-refractivity contribution in [2.45, 2.75) is 6.10 Å². The van der Waals surface area contributed by atoms with Crippen molar-refractivity contribution in [2.75, 3.05) is 31.3 Å². The van der Waals surface area contributed by atoms with Gasteiger partial charge in [0.05, 0.1) is 17.6 Å². The van der Waals surface area contributed by atoms with E-state index in [4.69, 9.17) is 10.5 Å². The molecule has 0 aliphatic heterocycles. The summed E-state index contributed by atoms with van der Waals surface area (Å²) in [6.07, 6.45) is 0.285. The molecule has 9 heteroatoms. The van der Waals surface area contributed by atoms with E-state index in [9.17, 15) is 15.2 Å². The highest BCUT2D eigenvalue weighted by Crippen LogP contribution is 2.17. The van der Waals surface area contributed by atoms with Gasteiger partial charge in [0.1, 0.15) is 6.20 Å². The number of hydrogen-bond donors (Lipinski definition) is 3. The number of nitro groups is 1. The number of nitrogens with zero attached hydrogens (tertiary/aromatic N) is 3. The maximum atomic E-state index is 10.5. The molecule has 9 nitrogen and oxygen atoms in total. The number of ether oxygens (including phenoxy) is 1. The first-order valence-electron chi connectivity index (χ1n) is 4.72. The maximum Gasteiger partial charge on any atom is 0.329 e. The van der Waals surface area contributed by atoms with Crippen LogP contribution in [0.2, 0.25) is 0 Å². The van der Waals surface area contributed by atoms with Gasteiger partial charge in [-0.15, -0.1) is 0 Å². The lowest BCUT2D eigenvalue weighted by Gasteiger charge is -2.10. The van der Waals surface area contributed by atoms with Crippen molar-refractivity contribution in [1.29, 1.82) is 0 Å². The predicted octanol–water partition coefficient (Wildman–Crippen LogP) is -0.614. The zero-order valence-corrected chi connectivity index (χ0v) is 9.16. The van der Waals surface area contributed by atoms with Gasteiger partial charge in [0.15, 0.2) is 0 Å². The molecule has 0 aromatic carbocycles. The van der Waals surface area contributed by atoms with Gasteiger partial charge in [-0.25, -0.2) is 4.98 Å². The molecule has 1 unspecified atom stereocenters. The van der Waals surface area contributed by atoms with E-state index >= 15 is 0 Å². The van der Waals surface area contributed by atoms with Crippen LogP contribution in [0.4, 0.5) is 17.5 Å². The molecule has 1 atom stereocenters. The Balaban J connectivity index is 2.62. The molecule has 0 saturated heterocycles. The Morgan fingerprint density at radius 2 is 2.47 bits per heavy atom. The van der Waals surface area contributed by atoms with Gasteiger partial charge < -0.3 is 20.9 Å². The first-order chi connectivity index (χ1) is 8.04. The number of hydrogen-bond acceptors (Lipinski definition) is 8. The molecule has 0 aliphatic rings. The summed E-state index contributed by atoms with van der Waals surface area (Å²) in [5, 5.41) is 22.5. The standard InChI is InChI=1S/C8H13N5O4/c1-17-4-5(14)2-10-8-11-3-6(13(15)16)7(9)12-8/h3,5,14H,2,4H2,1H3,(H3,9,10,11,12). The summed E-state index contributed by atoms with van der Waals surface area (Å²) >= 11 is 0. The number of nitrogen functional groups attached to an aromatic ring is 1. The largest absolute Gasteiger partial charge is 0.389 e. The monoisotopic (exact) mass is 243 g/mol. The molecule has 0 radical (unpaired) electrons. The van der Waals surface area contributed by atoms with E-state index in [0.29, 0.717) is 0 Å². The molecule has 0 fully saturated rings. The molecule has 0 aliphatic carbocycles. The number of nitrogens with one attached hydrogen (secondary N) is 1. The van der Waals surface area contributed by atoms with Crippen LogP contribution < -0.4 is 11.1 Å². The highest BCUT2D eigenvalue weighted by Gasteiger charge is 2.14. The van der Waals surface area contributed by atoms with Gasteiger partial charge in [-0.2, -0.15) is 4.98 Å². The molecular weight excluding hydrogens is 230 g/mol. The Labute approximate surface area is 96.8 Å². The number of aliphatic hydroxyl groups is 1. The number of aliphatic hydroxyl groups excluding tert-OH is 1. The Bertz CT molecular complexity index is 400. The fourth-order valence-corrected chi connectivity index (χ4v) is 1.07. The maximum absolute atomic E-state index is 10.5. The molecule has 0 bridgehead atoms. The van der Waals surface area contributed by atoms with E-state index in [2.05, 4.69) is 15.3 Å². The summed E-state index contributed by atoms with van der Waals surface area (Å²) in [4.78, 5) is 17.2. The van der Waals surface area contributed by atoms with Gasteiger partial charge in [0.2, 0.25) is 11.8 Å². The second-order valence-electron chi connectivity index (χ2n) is 3.21. The lowest BCUT2D eigenvalue weighted by molar-refractivity contribution is -0.384. The van der Waals surface area contributed by atoms with Crippen molar-refractivity contribution in [3.8, 4) is 0 Å². The molecule has 0 spiro atoms. The minimum absolute atomic E-state index is 0.114. The van der Waals surface area contributed by atoms with Crippen molar-refractivity contribution in [3.05, 3.63) is 16.3 Å². The van der Waals surface area contributed by atoms with Crippen molar-refractivity contribution in [1.82, 2.24) is 9.97 Å². The molecule has 17 heavy (non-hydrogen) atoms. The number of anilines is 2. The fourth-order valence-electron chi connectivity index (χ4n) is 1.07. The van der Waals surface area contributed by atoms with Crippen molar-refractivity contribution in [3.63, 3.8) is 0 Å². The molecule has 1 aromatic heterocycles. The average Bonchev–Trinajstić information content (AvgIpc) is 2.26. The summed E-state index contributed by atoms with van der Waals surface area (Å²) < 4.78 is 4.72. The van der Waals surface area contributed by atoms with E-state index in [1.54, 1.807) is 0 Å². The summed E-state index contributed by atoms with van der Waals surface area (Å²) in [6.45, 7) is 0.320. The number of rotatable bonds is 6. The zero-order valence-electron chi connectivity index (χ0n) is 9.16. The minimum Gasteiger partial charge on any atom is -0.389 e. The molecular formula is C8H13N5O4. The van der Waals surface area contributed by atoms with Crippen LogP contribution >= 0.6 is 0 Å². The van der Waals surface area contributed by atoms with Crippen molar-refractivity contribution in [2.24, 2.45) is 0 Å². The topological polar surface area (TPSA) is 136 Å². The molecule has 1 heterocycles. The number of nitrogens with two attached hydrogens (primary N) is 1. The number of methoxy groups -OCH3 is 1. The Kier molecular flexibility index (Phi) is 4.55. The molecule has 0 saturated carbocycles. The third kappa shape index (κ3) is 3.81. The second kappa shape index (κ2) is 5.92. The van der Waals surface area contributed by atoms with Crippen LogP contribution in [-0.2, 0) is 4.74 Å². The van der Waals surface area contributed by atoms with Gasteiger partial charge >= 0.3 is 5.69 Å². The first-order valence-corrected chi connectivity index (χ1v) is 4.72. The van der Waals surface area contributed by atoms with Crippen LogP contribution in [-0.4, -0.2) is 46.4 Å². The lowest BCUT2D eigenvalue weighted by atomic mass is 10.4. The fraction of sp³-hybridized carbons (Fsp3) is 0.500. The molecule has 1 rings (SSSR count). The SMILES string of the molecule is COCC(O)CNc1ncc([N+](=O)[O-])c(N)n1. The Morgan fingerprint density at radius 3 is 3.00 bits per heavy atom. The Morgan fingerprint density at radius 1 is 1.76 bits per heavy atom. The van der Waals surface area contributed by atoms with E-state index in [0.717, 1.165) is 6.20 Å². The van der Waals surface area contributed by atoms with Gasteiger partial charge in [-0.05, 0) is 0 Å². The highest BCUT2D eigenvalue weighted by molar-refractivity contribution is 5.53. The van der Waals surface area contributed by atoms with Gasteiger partial charge in [-0.1, -0.05) is 0 Å². The van der Waals surface area contributed by atoms with Crippen LogP contribution in [0.5, 0.6) is 0 Å². The predicted molar refractivity (Wildman–Crippen MR) is 59.5 cm³/mol. The molecule has 94 valence electrons.